The highest BCUT2D eigenvalue weighted by atomic mass is 35.5. The van der Waals surface area contributed by atoms with Crippen molar-refractivity contribution in [3.63, 3.8) is 0 Å². The van der Waals surface area contributed by atoms with Gasteiger partial charge in [0.05, 0.1) is 10.7 Å². The highest BCUT2D eigenvalue weighted by Crippen LogP contribution is 2.44. The van der Waals surface area contributed by atoms with Gasteiger partial charge in [-0.1, -0.05) is 11.6 Å². The Morgan fingerprint density at radius 3 is 2.86 bits per heavy atom. The van der Waals surface area contributed by atoms with Crippen molar-refractivity contribution in [1.29, 1.82) is 0 Å². The van der Waals surface area contributed by atoms with E-state index >= 15 is 0 Å². The highest BCUT2D eigenvalue weighted by molar-refractivity contribution is 6.35. The number of piperidine rings is 1. The Kier molecular flexibility index (Phi) is 4.08. The van der Waals surface area contributed by atoms with Gasteiger partial charge >= 0.3 is 6.03 Å². The van der Waals surface area contributed by atoms with Crippen LogP contribution in [0.4, 0.5) is 4.79 Å². The van der Waals surface area contributed by atoms with Crippen molar-refractivity contribution in [1.82, 2.24) is 30.0 Å². The molecule has 0 aromatic carbocycles. The van der Waals surface area contributed by atoms with Gasteiger partial charge in [0.2, 0.25) is 0 Å². The predicted molar refractivity (Wildman–Crippen MR) is 108 cm³/mol. The zero-order chi connectivity index (χ0) is 19.3. The maximum absolute atomic E-state index is 12.1. The van der Waals surface area contributed by atoms with E-state index < -0.39 is 0 Å². The van der Waals surface area contributed by atoms with Gasteiger partial charge in [-0.3, -0.25) is 4.68 Å². The first-order valence-electron chi connectivity index (χ1n) is 9.84. The molecule has 2 aliphatic rings. The molecule has 1 fully saturated rings. The zero-order valence-electron chi connectivity index (χ0n) is 15.8. The molecule has 3 aromatic heterocycles. The molecule has 0 radical (unpaired) electrons. The van der Waals surface area contributed by atoms with E-state index in [1.807, 2.05) is 24.1 Å². The van der Waals surface area contributed by atoms with Crippen LogP contribution in [0.3, 0.4) is 0 Å². The molecule has 2 N–H and O–H groups in total. The van der Waals surface area contributed by atoms with E-state index in [-0.39, 0.29) is 11.4 Å². The fourth-order valence-electron chi connectivity index (χ4n) is 4.62. The molecule has 28 heavy (non-hydrogen) atoms. The molecule has 8 heteroatoms. The van der Waals surface area contributed by atoms with Crippen LogP contribution in [0, 0.1) is 0 Å². The third-order valence-electron chi connectivity index (χ3n) is 6.24. The van der Waals surface area contributed by atoms with Gasteiger partial charge in [0, 0.05) is 60.6 Å². The van der Waals surface area contributed by atoms with Crippen LogP contribution in [0.1, 0.15) is 31.9 Å². The van der Waals surface area contributed by atoms with Crippen LogP contribution in [0.2, 0.25) is 5.02 Å². The Bertz CT molecular complexity index is 1050. The average molecular weight is 399 g/mol. The maximum atomic E-state index is 12.1. The van der Waals surface area contributed by atoms with E-state index in [0.29, 0.717) is 11.6 Å². The lowest BCUT2D eigenvalue weighted by Crippen LogP contribution is -2.48. The van der Waals surface area contributed by atoms with Crippen LogP contribution in [-0.4, -0.2) is 50.3 Å². The summed E-state index contributed by atoms with van der Waals surface area (Å²) in [5.41, 5.74) is 4.11. The van der Waals surface area contributed by atoms with E-state index in [2.05, 4.69) is 26.0 Å². The average Bonchev–Trinajstić information content (AvgIpc) is 3.38. The van der Waals surface area contributed by atoms with E-state index in [0.717, 1.165) is 61.2 Å². The number of aromatic amines is 1. The molecule has 1 saturated heterocycles. The second-order valence-electron chi connectivity index (χ2n) is 7.75. The van der Waals surface area contributed by atoms with E-state index in [1.165, 1.54) is 5.69 Å². The molecule has 0 aliphatic carbocycles. The minimum atomic E-state index is 0.0484. The Morgan fingerprint density at radius 2 is 2.07 bits per heavy atom. The number of aromatic nitrogens is 4. The maximum Gasteiger partial charge on any atom is 0.317 e. The van der Waals surface area contributed by atoms with Gasteiger partial charge in [-0.15, -0.1) is 0 Å². The van der Waals surface area contributed by atoms with Gasteiger partial charge in [-0.25, -0.2) is 9.78 Å². The molecular formula is C20H23ClN6O. The molecule has 5 rings (SSSR count). The smallest absolute Gasteiger partial charge is 0.317 e. The van der Waals surface area contributed by atoms with Gasteiger partial charge in [-0.2, -0.15) is 5.10 Å². The molecule has 0 atom stereocenters. The lowest BCUT2D eigenvalue weighted by atomic mass is 9.75. The third-order valence-corrected chi connectivity index (χ3v) is 6.55. The molecular weight excluding hydrogens is 376 g/mol. The number of hydrogen-bond acceptors (Lipinski definition) is 3. The van der Waals surface area contributed by atoms with Crippen LogP contribution in [-0.2, 0) is 12.0 Å². The Balaban J connectivity index is 1.42. The topological polar surface area (TPSA) is 78.8 Å². The van der Waals surface area contributed by atoms with Gasteiger partial charge in [0.1, 0.15) is 5.65 Å². The first-order valence-corrected chi connectivity index (χ1v) is 10.2. The third kappa shape index (κ3) is 2.68. The van der Waals surface area contributed by atoms with Crippen molar-refractivity contribution < 1.29 is 4.79 Å². The molecule has 7 nitrogen and oxygen atoms in total. The molecule has 146 valence electrons. The quantitative estimate of drug-likeness (QED) is 0.692. The van der Waals surface area contributed by atoms with Crippen molar-refractivity contribution in [2.24, 2.45) is 0 Å². The van der Waals surface area contributed by atoms with Gasteiger partial charge in [-0.05, 0) is 38.3 Å². The minimum absolute atomic E-state index is 0.0484. The SMILES string of the molecule is CCNC(=O)N1CCC2(CC1)CCn1nc(-c3cnc4[nH]cc(Cl)c4c3)cc12. The monoisotopic (exact) mass is 398 g/mol. The summed E-state index contributed by atoms with van der Waals surface area (Å²) in [5.74, 6) is 0. The fourth-order valence-corrected chi connectivity index (χ4v) is 4.82. The second kappa shape index (κ2) is 6.51. The van der Waals surface area contributed by atoms with Gasteiger partial charge in [0.15, 0.2) is 0 Å². The van der Waals surface area contributed by atoms with Crippen LogP contribution in [0.5, 0.6) is 0 Å². The summed E-state index contributed by atoms with van der Waals surface area (Å²) in [6.45, 7) is 5.13. The molecule has 0 unspecified atom stereocenters. The number of amides is 2. The number of fused-ring (bicyclic) bond motifs is 3. The summed E-state index contributed by atoms with van der Waals surface area (Å²) in [4.78, 5) is 21.6. The lowest BCUT2D eigenvalue weighted by molar-refractivity contribution is 0.157. The number of carbonyl (C=O) groups excluding carboxylic acids is 1. The molecule has 1 spiro atoms. The second-order valence-corrected chi connectivity index (χ2v) is 8.15. The van der Waals surface area contributed by atoms with Gasteiger partial charge < -0.3 is 15.2 Å². The van der Waals surface area contributed by atoms with Gasteiger partial charge in [0.25, 0.3) is 0 Å². The summed E-state index contributed by atoms with van der Waals surface area (Å²) in [6, 6.07) is 4.30. The summed E-state index contributed by atoms with van der Waals surface area (Å²) in [5, 5.41) is 9.34. The minimum Gasteiger partial charge on any atom is -0.345 e. The number of nitrogens with zero attached hydrogens (tertiary/aromatic N) is 4. The first-order chi connectivity index (χ1) is 13.6. The van der Waals surface area contributed by atoms with Crippen LogP contribution in [0.15, 0.2) is 24.5 Å². The van der Waals surface area contributed by atoms with Crippen LogP contribution in [0.25, 0.3) is 22.3 Å². The molecule has 3 aromatic rings. The lowest BCUT2D eigenvalue weighted by Gasteiger charge is -2.38. The molecule has 0 bridgehead atoms. The number of halogens is 1. The van der Waals surface area contributed by atoms with E-state index in [1.54, 1.807) is 6.20 Å². The van der Waals surface area contributed by atoms with Crippen molar-refractivity contribution in [3.8, 4) is 11.3 Å². The number of pyridine rings is 1. The summed E-state index contributed by atoms with van der Waals surface area (Å²) >= 11 is 6.25. The number of urea groups is 1. The Hall–Kier alpha value is -2.54. The highest BCUT2D eigenvalue weighted by Gasteiger charge is 2.43. The summed E-state index contributed by atoms with van der Waals surface area (Å²) in [7, 11) is 0. The first kappa shape index (κ1) is 17.6. The van der Waals surface area contributed by atoms with Crippen molar-refractivity contribution in [2.75, 3.05) is 19.6 Å². The van der Waals surface area contributed by atoms with Crippen molar-refractivity contribution >= 4 is 28.7 Å². The Morgan fingerprint density at radius 1 is 1.29 bits per heavy atom. The largest absolute Gasteiger partial charge is 0.345 e. The number of hydrogen-bond donors (Lipinski definition) is 2. The normalized spacial score (nSPS) is 18.0. The number of carbonyl (C=O) groups is 1. The number of H-pyrrole nitrogens is 1. The number of likely N-dealkylation sites (tertiary alicyclic amines) is 1. The molecule has 2 amide bonds. The zero-order valence-corrected chi connectivity index (χ0v) is 16.6. The van der Waals surface area contributed by atoms with Crippen LogP contribution < -0.4 is 5.32 Å². The summed E-state index contributed by atoms with van der Waals surface area (Å²) < 4.78 is 2.14. The molecule has 0 saturated carbocycles. The van der Waals surface area contributed by atoms with Crippen molar-refractivity contribution in [3.05, 3.63) is 35.2 Å². The predicted octanol–water partition coefficient (Wildman–Crippen LogP) is 3.55. The number of nitrogens with one attached hydrogen (secondary N) is 2. The van der Waals surface area contributed by atoms with Crippen LogP contribution >= 0.6 is 11.6 Å². The van der Waals surface area contributed by atoms with Crippen molar-refractivity contribution in [2.45, 2.75) is 38.1 Å². The molecule has 5 heterocycles. The van der Waals surface area contributed by atoms with E-state index in [4.69, 9.17) is 16.7 Å². The summed E-state index contributed by atoms with van der Waals surface area (Å²) in [6.07, 6.45) is 6.66. The molecule has 2 aliphatic heterocycles. The fraction of sp³-hybridized carbons (Fsp3) is 0.450. The number of aryl methyl sites for hydroxylation is 1. The Labute approximate surface area is 168 Å². The standard InChI is InChI=1S/C20H23ClN6O/c1-2-22-19(28)26-6-3-20(4-7-26)5-8-27-17(20)10-16(25-27)13-9-14-15(21)12-24-18(14)23-11-13/h9-12H,2-8H2,1H3,(H,22,28)(H,23,24). The number of rotatable bonds is 2. The van der Waals surface area contributed by atoms with E-state index in [9.17, 15) is 4.79 Å².